The van der Waals surface area contributed by atoms with Crippen LogP contribution in [0.3, 0.4) is 0 Å². The largest absolute Gasteiger partial charge is 0.464 e. The molecule has 2 aromatic carbocycles. The van der Waals surface area contributed by atoms with Crippen LogP contribution in [0.5, 0.6) is 5.75 Å². The van der Waals surface area contributed by atoms with Gasteiger partial charge in [0, 0.05) is 67.9 Å². The number of aromatic nitrogens is 2. The smallest absolute Gasteiger partial charge is 0.407 e. The first-order chi connectivity index (χ1) is 34.6. The maximum atomic E-state index is 17.0. The zero-order valence-corrected chi connectivity index (χ0v) is 42.8. The number of nitrogens with one attached hydrogen (secondary N) is 2. The standard InChI is InChI=1S/C54H63FN8O8S/c1-8-45-58-28-44(72-45)51-63-39-14-13-30(34-21-37(56-26-34)41-12-10-17-62(41)50(65)48(60-53(67)69-7)31-15-18-70-54(4,5)25-31)19-33(39)23-42(63)46-36(55)20-32(24-43(46)71-51)35-22-38(57-27-35)40-11-9-16-61(40)49(64)47(29(2)3)59-52(66)68-6/h13-14,19-20,23-24,26-29,31,40-41,47-48,51H,8-12,15-18,21-22,25H2,1-7H3,(H,59,66)(H,60,67)/t31?,40-,41-,47-,48?,51?/m0/s1. The maximum Gasteiger partial charge on any atom is 0.407 e. The average molecular weight is 1000 g/mol. The highest BCUT2D eigenvalue weighted by atomic mass is 32.1. The molecule has 72 heavy (non-hydrogen) atoms. The van der Waals surface area contributed by atoms with Crippen molar-refractivity contribution < 1.29 is 42.5 Å². The number of aliphatic imine (C=N–C) groups is 2. The summed E-state index contributed by atoms with van der Waals surface area (Å²) >= 11 is 1.57. The molecule has 2 aromatic heterocycles. The molecular weight excluding hydrogens is 940 g/mol. The summed E-state index contributed by atoms with van der Waals surface area (Å²) in [5.74, 6) is -0.587. The predicted molar refractivity (Wildman–Crippen MR) is 273 cm³/mol. The number of likely N-dealkylation sites (tertiary alicyclic amines) is 2. The summed E-state index contributed by atoms with van der Waals surface area (Å²) in [4.78, 5) is 72.1. The molecule has 3 fully saturated rings. The number of benzene rings is 2. The van der Waals surface area contributed by atoms with Gasteiger partial charge < -0.3 is 39.4 Å². The van der Waals surface area contributed by atoms with E-state index in [1.807, 2.05) is 57.1 Å². The van der Waals surface area contributed by atoms with Crippen molar-refractivity contribution in [1.29, 1.82) is 0 Å². The Hall–Kier alpha value is -6.40. The molecule has 0 radical (unpaired) electrons. The number of nitrogens with zero attached hydrogens (tertiary/aromatic N) is 6. The molecule has 16 nitrogen and oxygen atoms in total. The second-order valence-corrected chi connectivity index (χ2v) is 21.7. The van der Waals surface area contributed by atoms with Crippen LogP contribution < -0.4 is 15.4 Å². The van der Waals surface area contributed by atoms with Crippen molar-refractivity contribution in [3.8, 4) is 17.0 Å². The Bertz CT molecular complexity index is 2950. The van der Waals surface area contributed by atoms with E-state index in [1.54, 1.807) is 28.5 Å². The summed E-state index contributed by atoms with van der Waals surface area (Å²) in [5, 5.41) is 7.46. The quantitative estimate of drug-likeness (QED) is 0.140. The number of allylic oxidation sites excluding steroid dienone is 2. The van der Waals surface area contributed by atoms with Gasteiger partial charge in [0.25, 0.3) is 0 Å². The highest BCUT2D eigenvalue weighted by molar-refractivity contribution is 7.11. The number of carbonyl (C=O) groups is 4. The molecule has 18 heteroatoms. The number of rotatable bonds is 12. The SMILES string of the molecule is CCc1ncc(C2Oc3cc(C4=CN=C([C@@H]5CCCN5C(=O)[C@@H](NC(=O)OC)C(C)C)C4)cc(F)c3-c3cc4cc(C5=CN=C([C@@H]6CCCN6C(=O)C(NC(=O)OC)C6CCOC(C)(C)C6)C5)ccc4n32)s1. The van der Waals surface area contributed by atoms with Gasteiger partial charge in [0.2, 0.25) is 18.0 Å². The summed E-state index contributed by atoms with van der Waals surface area (Å²) in [7, 11) is 2.59. The summed E-state index contributed by atoms with van der Waals surface area (Å²) in [6.45, 7) is 11.5. The van der Waals surface area contributed by atoms with Crippen molar-refractivity contribution in [2.45, 2.75) is 128 Å². The van der Waals surface area contributed by atoms with Crippen LogP contribution in [0.15, 0.2) is 65.0 Å². The molecule has 6 aliphatic heterocycles. The van der Waals surface area contributed by atoms with Gasteiger partial charge in [0.15, 0.2) is 0 Å². The molecule has 380 valence electrons. The molecule has 4 aromatic rings. The third-order valence-corrected chi connectivity index (χ3v) is 16.3. The Morgan fingerprint density at radius 3 is 2.18 bits per heavy atom. The third-order valence-electron chi connectivity index (χ3n) is 15.2. The second kappa shape index (κ2) is 19.9. The topological polar surface area (TPSA) is 178 Å². The monoisotopic (exact) mass is 1000 g/mol. The number of halogens is 1. The van der Waals surface area contributed by atoms with Gasteiger partial charge in [0.05, 0.1) is 58.6 Å². The molecule has 10 rings (SSSR count). The normalized spacial score (nSPS) is 23.1. The minimum absolute atomic E-state index is 0.109. The van der Waals surface area contributed by atoms with Gasteiger partial charge in [-0.15, -0.1) is 11.3 Å². The summed E-state index contributed by atoms with van der Waals surface area (Å²) < 4.78 is 41.6. The third kappa shape index (κ3) is 9.31. The number of aryl methyl sites for hydroxylation is 1. The van der Waals surface area contributed by atoms with E-state index < -0.39 is 41.9 Å². The zero-order valence-electron chi connectivity index (χ0n) is 42.0. The Morgan fingerprint density at radius 1 is 0.875 bits per heavy atom. The minimum atomic E-state index is -0.747. The van der Waals surface area contributed by atoms with Crippen LogP contribution in [0.1, 0.15) is 113 Å². The van der Waals surface area contributed by atoms with E-state index in [4.69, 9.17) is 28.9 Å². The van der Waals surface area contributed by atoms with Crippen LogP contribution in [0.25, 0.3) is 33.3 Å². The first kappa shape index (κ1) is 49.2. The number of ether oxygens (including phenoxy) is 4. The van der Waals surface area contributed by atoms with Gasteiger partial charge >= 0.3 is 12.2 Å². The number of fused-ring (bicyclic) bond motifs is 5. The van der Waals surface area contributed by atoms with Crippen molar-refractivity contribution >= 4 is 68.8 Å². The van der Waals surface area contributed by atoms with Crippen LogP contribution in [0.2, 0.25) is 0 Å². The summed E-state index contributed by atoms with van der Waals surface area (Å²) in [6, 6.07) is 9.76. The minimum Gasteiger partial charge on any atom is -0.464 e. The summed E-state index contributed by atoms with van der Waals surface area (Å²) in [5.41, 5.74) is 6.68. The van der Waals surface area contributed by atoms with Crippen LogP contribution in [-0.4, -0.2) is 118 Å². The predicted octanol–water partition coefficient (Wildman–Crippen LogP) is 9.07. The number of hydrogen-bond donors (Lipinski definition) is 2. The maximum absolute atomic E-state index is 17.0. The Morgan fingerprint density at radius 2 is 1.54 bits per heavy atom. The molecule has 0 saturated carbocycles. The number of alkyl carbamates (subject to hydrolysis) is 2. The first-order valence-electron chi connectivity index (χ1n) is 25.2. The molecule has 2 N–H and O–H groups in total. The fourth-order valence-corrected chi connectivity index (χ4v) is 12.4. The number of methoxy groups -OCH3 is 2. The highest BCUT2D eigenvalue weighted by Crippen LogP contribution is 2.48. The molecule has 0 bridgehead atoms. The van der Waals surface area contributed by atoms with E-state index in [-0.39, 0.29) is 35.7 Å². The molecule has 0 aliphatic carbocycles. The molecule has 0 spiro atoms. The lowest BCUT2D eigenvalue weighted by Crippen LogP contribution is -2.56. The fourth-order valence-electron chi connectivity index (χ4n) is 11.5. The highest BCUT2D eigenvalue weighted by Gasteiger charge is 2.44. The van der Waals surface area contributed by atoms with E-state index in [0.29, 0.717) is 68.0 Å². The van der Waals surface area contributed by atoms with Gasteiger partial charge in [-0.2, -0.15) is 0 Å². The molecular formula is C54H63FN8O8S. The fraction of sp³-hybridized carbons (Fsp3) is 0.500. The van der Waals surface area contributed by atoms with E-state index in [9.17, 15) is 19.2 Å². The first-order valence-corrected chi connectivity index (χ1v) is 26.0. The van der Waals surface area contributed by atoms with Crippen molar-refractivity contribution in [3.63, 3.8) is 0 Å². The Labute approximate surface area is 422 Å². The van der Waals surface area contributed by atoms with Crippen LogP contribution in [-0.2, 0) is 30.2 Å². The molecule has 4 amide bonds. The summed E-state index contributed by atoms with van der Waals surface area (Å²) in [6.07, 6.45) is 9.76. The van der Waals surface area contributed by atoms with Gasteiger partial charge in [-0.1, -0.05) is 26.8 Å². The molecule has 8 heterocycles. The van der Waals surface area contributed by atoms with Gasteiger partial charge in [-0.3, -0.25) is 24.1 Å². The molecule has 3 unspecified atom stereocenters. The van der Waals surface area contributed by atoms with Gasteiger partial charge in [0.1, 0.15) is 23.7 Å². The second-order valence-electron chi connectivity index (χ2n) is 20.6. The number of thiazole rings is 1. The van der Waals surface area contributed by atoms with Crippen molar-refractivity contribution in [1.82, 2.24) is 30.0 Å². The Balaban J connectivity index is 0.896. The van der Waals surface area contributed by atoms with Crippen molar-refractivity contribution in [2.24, 2.45) is 21.8 Å². The van der Waals surface area contributed by atoms with Gasteiger partial charge in [-0.25, -0.2) is 19.0 Å². The lowest BCUT2D eigenvalue weighted by atomic mass is 9.82. The number of amides is 4. The molecule has 6 atom stereocenters. The lowest BCUT2D eigenvalue weighted by molar-refractivity contribution is -0.138. The van der Waals surface area contributed by atoms with Crippen LogP contribution in [0.4, 0.5) is 14.0 Å². The van der Waals surface area contributed by atoms with Gasteiger partial charge in [-0.05, 0) is 123 Å². The molecule has 6 aliphatic rings. The Kier molecular flexibility index (Phi) is 13.6. The van der Waals surface area contributed by atoms with Crippen molar-refractivity contribution in [2.75, 3.05) is 33.9 Å². The van der Waals surface area contributed by atoms with E-state index in [2.05, 4.69) is 45.3 Å². The van der Waals surface area contributed by atoms with E-state index >= 15 is 4.39 Å². The molecule has 3 saturated heterocycles. The van der Waals surface area contributed by atoms with Crippen LogP contribution >= 0.6 is 11.3 Å². The average Bonchev–Trinajstić information content (AvgIpc) is 4.23. The van der Waals surface area contributed by atoms with E-state index in [0.717, 1.165) is 81.0 Å². The van der Waals surface area contributed by atoms with E-state index in [1.165, 1.54) is 14.2 Å². The number of hydrogen-bond acceptors (Lipinski definition) is 12. The zero-order chi connectivity index (χ0) is 50.6. The van der Waals surface area contributed by atoms with Crippen LogP contribution in [0, 0.1) is 17.7 Å². The lowest BCUT2D eigenvalue weighted by Gasteiger charge is -2.40. The van der Waals surface area contributed by atoms with Crippen molar-refractivity contribution in [3.05, 3.63) is 81.8 Å². The number of carbonyl (C=O) groups excluding carboxylic acids is 4.